The van der Waals surface area contributed by atoms with Gasteiger partial charge >= 0.3 is 12.0 Å². The fraction of sp³-hybridized carbons (Fsp3) is 0.318. The van der Waals surface area contributed by atoms with Gasteiger partial charge in [-0.1, -0.05) is 30.7 Å². The number of anilines is 1. The summed E-state index contributed by atoms with van der Waals surface area (Å²) in [6, 6.07) is 23.8. The van der Waals surface area contributed by atoms with Crippen molar-refractivity contribution in [1.82, 2.24) is 16.0 Å². The van der Waals surface area contributed by atoms with E-state index in [1.165, 1.54) is 19.1 Å². The monoisotopic (exact) mass is 824 g/mol. The van der Waals surface area contributed by atoms with Gasteiger partial charge in [0.05, 0.1) is 18.0 Å². The number of aliphatic carboxylic acids is 1. The maximum absolute atomic E-state index is 14.7. The predicted octanol–water partition coefficient (Wildman–Crippen LogP) is 6.11. The van der Waals surface area contributed by atoms with Gasteiger partial charge in [0.15, 0.2) is 18.2 Å². The van der Waals surface area contributed by atoms with Gasteiger partial charge in [-0.3, -0.25) is 24.0 Å². The van der Waals surface area contributed by atoms with Crippen LogP contribution in [0, 0.1) is 5.82 Å². The molecule has 0 bridgehead atoms. The van der Waals surface area contributed by atoms with Crippen LogP contribution in [-0.2, 0) is 19.2 Å². The normalized spacial score (nSPS) is 17.2. The number of urea groups is 1. The molecule has 15 heteroatoms. The summed E-state index contributed by atoms with van der Waals surface area (Å²) in [5, 5.41) is 20.9. The van der Waals surface area contributed by atoms with E-state index in [-0.39, 0.29) is 61.8 Å². The fourth-order valence-electron chi connectivity index (χ4n) is 6.77. The van der Waals surface area contributed by atoms with E-state index in [4.69, 9.17) is 9.47 Å². The van der Waals surface area contributed by atoms with Gasteiger partial charge in [-0.2, -0.15) is 11.8 Å². The van der Waals surface area contributed by atoms with Crippen molar-refractivity contribution in [3.63, 3.8) is 0 Å². The third-order valence-electron chi connectivity index (χ3n) is 10.2. The Bertz CT molecular complexity index is 2170. The molecular formula is C44H45FN4O9S. The first-order valence-corrected chi connectivity index (χ1v) is 20.4. The van der Waals surface area contributed by atoms with Crippen molar-refractivity contribution in [2.24, 2.45) is 0 Å². The third kappa shape index (κ3) is 11.7. The number of amides is 4. The molecular weight excluding hydrogens is 780 g/mol. The lowest BCUT2D eigenvalue weighted by Crippen LogP contribution is -2.36. The molecule has 2 aliphatic heterocycles. The summed E-state index contributed by atoms with van der Waals surface area (Å²) in [4.78, 5) is 72.9. The molecule has 0 aliphatic carbocycles. The number of ether oxygens (including phenoxy) is 2. The standard InChI is InChI=1S/C44H45FN4O9S/c1-26(43(54)55)30-12-19-35(36(45)22-30)27-6-13-31(14-7-27)47-40(52)24-58-34-17-10-29(11-18-34)42(53)28-8-15-33(16-9-28)57-23-32(50)20-21-46-39(51)5-3-2-4-38-41-37(25-59-38)48-44(56)49-41/h6-19,22,26,37-38,41H,2-5,20-21,23-25H2,1H3,(H,46,51)(H,47,52)(H,54,55)(H2,48,49,56)/t26?,37-,38-,41-/m0/s1. The average molecular weight is 825 g/mol. The van der Waals surface area contributed by atoms with Crippen LogP contribution in [0.4, 0.5) is 14.9 Å². The molecule has 1 unspecified atom stereocenters. The lowest BCUT2D eigenvalue weighted by Gasteiger charge is -2.16. The molecule has 0 saturated carbocycles. The third-order valence-corrected chi connectivity index (χ3v) is 11.7. The largest absolute Gasteiger partial charge is 0.486 e. The van der Waals surface area contributed by atoms with E-state index < -0.39 is 23.6 Å². The first kappa shape index (κ1) is 42.4. The highest BCUT2D eigenvalue weighted by atomic mass is 32.2. The first-order chi connectivity index (χ1) is 28.4. The van der Waals surface area contributed by atoms with Gasteiger partial charge < -0.3 is 35.8 Å². The van der Waals surface area contributed by atoms with Crippen LogP contribution in [0.25, 0.3) is 11.1 Å². The van der Waals surface area contributed by atoms with E-state index in [0.717, 1.165) is 25.0 Å². The maximum atomic E-state index is 14.7. The number of carbonyl (C=O) groups is 6. The first-order valence-electron chi connectivity index (χ1n) is 19.3. The van der Waals surface area contributed by atoms with Gasteiger partial charge in [-0.25, -0.2) is 9.18 Å². The maximum Gasteiger partial charge on any atom is 0.315 e. The van der Waals surface area contributed by atoms with Crippen molar-refractivity contribution in [3.8, 4) is 22.6 Å². The topological polar surface area (TPSA) is 189 Å². The summed E-state index contributed by atoms with van der Waals surface area (Å²) in [5.74, 6) is -1.67. The summed E-state index contributed by atoms with van der Waals surface area (Å²) < 4.78 is 25.9. The Labute approximate surface area is 344 Å². The molecule has 4 atom stereocenters. The number of ketones is 2. The van der Waals surface area contributed by atoms with E-state index >= 15 is 0 Å². The van der Waals surface area contributed by atoms with Crippen molar-refractivity contribution in [2.45, 2.75) is 62.3 Å². The van der Waals surface area contributed by atoms with Gasteiger partial charge in [0.2, 0.25) is 5.91 Å². The summed E-state index contributed by atoms with van der Waals surface area (Å²) in [7, 11) is 0. The quantitative estimate of drug-likeness (QED) is 0.0395. The highest BCUT2D eigenvalue weighted by Crippen LogP contribution is 2.33. The number of benzene rings is 4. The molecule has 59 heavy (non-hydrogen) atoms. The molecule has 6 rings (SSSR count). The Morgan fingerprint density at radius 2 is 1.49 bits per heavy atom. The number of rotatable bonds is 20. The van der Waals surface area contributed by atoms with Crippen molar-refractivity contribution < 1.29 is 47.7 Å². The zero-order valence-electron chi connectivity index (χ0n) is 32.3. The Morgan fingerprint density at radius 1 is 0.831 bits per heavy atom. The average Bonchev–Trinajstić information content (AvgIpc) is 3.79. The van der Waals surface area contributed by atoms with Crippen LogP contribution in [0.1, 0.15) is 66.4 Å². The van der Waals surface area contributed by atoms with Gasteiger partial charge in [-0.05, 0) is 97.6 Å². The van der Waals surface area contributed by atoms with Gasteiger partial charge in [0, 0.05) is 52.8 Å². The second-order valence-electron chi connectivity index (χ2n) is 14.4. The number of unbranched alkanes of at least 4 members (excludes halogenated alkanes) is 1. The molecule has 0 radical (unpaired) electrons. The molecule has 4 amide bonds. The summed E-state index contributed by atoms with van der Waals surface area (Å²) in [6.45, 7) is 1.24. The molecule has 2 aliphatic rings. The minimum atomic E-state index is -1.04. The molecule has 2 saturated heterocycles. The van der Waals surface area contributed by atoms with Crippen LogP contribution in [0.2, 0.25) is 0 Å². The molecule has 2 heterocycles. The summed E-state index contributed by atoms with van der Waals surface area (Å²) >= 11 is 1.85. The predicted molar refractivity (Wildman–Crippen MR) is 220 cm³/mol. The Balaban J connectivity index is 0.853. The van der Waals surface area contributed by atoms with E-state index in [1.807, 2.05) is 11.8 Å². The smallest absolute Gasteiger partial charge is 0.315 e. The number of halogens is 1. The second-order valence-corrected chi connectivity index (χ2v) is 15.7. The van der Waals surface area contributed by atoms with Crippen LogP contribution in [0.15, 0.2) is 91.0 Å². The number of carboxylic acid groups (broad SMARTS) is 1. The lowest BCUT2D eigenvalue weighted by molar-refractivity contribution is -0.138. The molecule has 4 aromatic carbocycles. The van der Waals surface area contributed by atoms with Crippen LogP contribution >= 0.6 is 11.8 Å². The number of thioether (sulfide) groups is 1. The van der Waals surface area contributed by atoms with Gasteiger partial charge in [-0.15, -0.1) is 0 Å². The summed E-state index contributed by atoms with van der Waals surface area (Å²) in [6.07, 6.45) is 3.07. The number of hydrogen-bond acceptors (Lipinski definition) is 9. The zero-order chi connectivity index (χ0) is 41.9. The van der Waals surface area contributed by atoms with Crippen molar-refractivity contribution in [1.29, 1.82) is 0 Å². The SMILES string of the molecule is CC(C(=O)O)c1ccc(-c2ccc(NC(=O)COc3ccc(C(=O)c4ccc(OCC(=O)CCNC(=O)CCCC[C@@H]5SC[C@@H]6NC(=O)N[C@@H]65)cc4)cc3)cc2)c(F)c1. The van der Waals surface area contributed by atoms with Crippen LogP contribution in [0.3, 0.4) is 0 Å². The number of nitrogens with one attached hydrogen (secondary N) is 4. The zero-order valence-corrected chi connectivity index (χ0v) is 33.1. The molecule has 5 N–H and O–H groups in total. The minimum absolute atomic E-state index is 0.103. The Hall–Kier alpha value is -6.22. The highest BCUT2D eigenvalue weighted by Gasteiger charge is 2.42. The minimum Gasteiger partial charge on any atom is -0.486 e. The van der Waals surface area contributed by atoms with Gasteiger partial charge in [0.25, 0.3) is 5.91 Å². The number of carbonyl (C=O) groups excluding carboxylic acids is 5. The molecule has 2 fully saturated rings. The van der Waals surface area contributed by atoms with Gasteiger partial charge in [0.1, 0.15) is 23.9 Å². The number of Topliss-reactive ketones (excluding diaryl/α,β-unsaturated/α-hetero) is 1. The molecule has 0 spiro atoms. The number of fused-ring (bicyclic) bond motifs is 1. The van der Waals surface area contributed by atoms with Crippen molar-refractivity contribution in [2.75, 3.05) is 30.8 Å². The Kier molecular flexibility index (Phi) is 14.3. The Morgan fingerprint density at radius 3 is 2.14 bits per heavy atom. The van der Waals surface area contributed by atoms with Crippen molar-refractivity contribution >= 4 is 52.8 Å². The van der Waals surface area contributed by atoms with E-state index in [2.05, 4.69) is 21.3 Å². The highest BCUT2D eigenvalue weighted by molar-refractivity contribution is 8.00. The van der Waals surface area contributed by atoms with Crippen LogP contribution < -0.4 is 30.7 Å². The van der Waals surface area contributed by atoms with Crippen LogP contribution in [0.5, 0.6) is 11.5 Å². The van der Waals surface area contributed by atoms with Crippen LogP contribution in [-0.4, -0.2) is 83.3 Å². The molecule has 0 aromatic heterocycles. The van der Waals surface area contributed by atoms with E-state index in [0.29, 0.717) is 56.7 Å². The molecule has 4 aromatic rings. The fourth-order valence-corrected chi connectivity index (χ4v) is 8.31. The van der Waals surface area contributed by atoms with E-state index in [9.17, 15) is 38.3 Å². The summed E-state index contributed by atoms with van der Waals surface area (Å²) in [5.41, 5.74) is 2.51. The molecule has 308 valence electrons. The van der Waals surface area contributed by atoms with Crippen molar-refractivity contribution in [3.05, 3.63) is 114 Å². The number of hydrogen-bond donors (Lipinski definition) is 5. The second kappa shape index (κ2) is 20.0. The lowest BCUT2D eigenvalue weighted by atomic mass is 9.97. The van der Waals surface area contributed by atoms with E-state index in [1.54, 1.807) is 78.9 Å². The molecule has 13 nitrogen and oxygen atoms in total. The number of carboxylic acids is 1.